The molecule has 1 unspecified atom stereocenters. The summed E-state index contributed by atoms with van der Waals surface area (Å²) in [5.74, 6) is 0.237. The van der Waals surface area contributed by atoms with Gasteiger partial charge in [0, 0.05) is 30.0 Å². The highest BCUT2D eigenvalue weighted by molar-refractivity contribution is 8.13. The van der Waals surface area contributed by atoms with E-state index in [-0.39, 0.29) is 16.8 Å². The molecular formula is C14H21ClN2O3S. The van der Waals surface area contributed by atoms with E-state index >= 15 is 0 Å². The van der Waals surface area contributed by atoms with Gasteiger partial charge in [-0.3, -0.25) is 4.79 Å². The van der Waals surface area contributed by atoms with Crippen molar-refractivity contribution in [2.75, 3.05) is 0 Å². The lowest BCUT2D eigenvalue weighted by Crippen LogP contribution is -2.39. The molecule has 1 aromatic heterocycles. The number of carbonyl (C=O) groups excluding carboxylic acids is 1. The van der Waals surface area contributed by atoms with Gasteiger partial charge in [-0.15, -0.1) is 0 Å². The normalized spacial score (nSPS) is 18.4. The van der Waals surface area contributed by atoms with Crippen molar-refractivity contribution in [1.29, 1.82) is 0 Å². The van der Waals surface area contributed by atoms with Crippen LogP contribution in [0.5, 0.6) is 0 Å². The van der Waals surface area contributed by atoms with Crippen molar-refractivity contribution < 1.29 is 13.2 Å². The zero-order valence-electron chi connectivity index (χ0n) is 12.3. The maximum atomic E-state index is 12.3. The van der Waals surface area contributed by atoms with Crippen LogP contribution < -0.4 is 5.32 Å². The molecule has 1 aliphatic rings. The lowest BCUT2D eigenvalue weighted by atomic mass is 9.84. The summed E-state index contributed by atoms with van der Waals surface area (Å²) in [5, 5.41) is 2.97. The molecule has 0 bridgehead atoms. The summed E-state index contributed by atoms with van der Waals surface area (Å²) >= 11 is 0. The van der Waals surface area contributed by atoms with E-state index in [2.05, 4.69) is 5.32 Å². The number of carbonyl (C=O) groups is 1. The molecule has 5 nitrogen and oxygen atoms in total. The second kappa shape index (κ2) is 6.40. The first kappa shape index (κ1) is 16.4. The first-order chi connectivity index (χ1) is 9.79. The Balaban J connectivity index is 2.08. The monoisotopic (exact) mass is 332 g/mol. The van der Waals surface area contributed by atoms with E-state index in [0.717, 1.165) is 12.8 Å². The van der Waals surface area contributed by atoms with Crippen molar-refractivity contribution in [3.8, 4) is 0 Å². The highest BCUT2D eigenvalue weighted by Crippen LogP contribution is 2.26. The summed E-state index contributed by atoms with van der Waals surface area (Å²) in [6.45, 7) is 2.01. The number of halogens is 1. The van der Waals surface area contributed by atoms with Gasteiger partial charge in [-0.05, 0) is 31.7 Å². The molecule has 21 heavy (non-hydrogen) atoms. The standard InChI is InChI=1S/C14H21ClN2O3S/c1-10(11-6-4-3-5-7-11)16-14(18)13-8-12(9-17(13)2)21(15,19)20/h8-11H,3-7H2,1-2H3,(H,16,18). The Morgan fingerprint density at radius 2 is 2.00 bits per heavy atom. The lowest BCUT2D eigenvalue weighted by Gasteiger charge is -2.28. The molecule has 1 aromatic rings. The van der Waals surface area contributed by atoms with E-state index in [4.69, 9.17) is 10.7 Å². The number of hydrogen-bond donors (Lipinski definition) is 1. The molecular weight excluding hydrogens is 312 g/mol. The summed E-state index contributed by atoms with van der Waals surface area (Å²) in [6, 6.07) is 1.40. The smallest absolute Gasteiger partial charge is 0.268 e. The van der Waals surface area contributed by atoms with Crippen LogP contribution in [0, 0.1) is 5.92 Å². The van der Waals surface area contributed by atoms with E-state index in [9.17, 15) is 13.2 Å². The minimum absolute atomic E-state index is 0.0536. The van der Waals surface area contributed by atoms with E-state index in [1.54, 1.807) is 7.05 Å². The third-order valence-corrected chi connectivity index (χ3v) is 5.53. The van der Waals surface area contributed by atoms with Crippen LogP contribution in [-0.2, 0) is 16.1 Å². The maximum absolute atomic E-state index is 12.3. The fourth-order valence-corrected chi connectivity index (χ4v) is 3.72. The third-order valence-electron chi connectivity index (χ3n) is 4.21. The Morgan fingerprint density at radius 1 is 1.38 bits per heavy atom. The molecule has 118 valence electrons. The van der Waals surface area contributed by atoms with Gasteiger partial charge in [0.2, 0.25) is 0 Å². The minimum Gasteiger partial charge on any atom is -0.348 e. The third kappa shape index (κ3) is 4.01. The Hall–Kier alpha value is -1.01. The van der Waals surface area contributed by atoms with Gasteiger partial charge in [-0.1, -0.05) is 19.3 Å². The Kier molecular flexibility index (Phi) is 4.99. The van der Waals surface area contributed by atoms with E-state index < -0.39 is 9.05 Å². The van der Waals surface area contributed by atoms with Gasteiger partial charge in [0.1, 0.15) is 10.6 Å². The van der Waals surface area contributed by atoms with Gasteiger partial charge in [0.25, 0.3) is 15.0 Å². The van der Waals surface area contributed by atoms with Crippen LogP contribution in [0.2, 0.25) is 0 Å². The summed E-state index contributed by atoms with van der Waals surface area (Å²) < 4.78 is 24.1. The number of aromatic nitrogens is 1. The number of nitrogens with one attached hydrogen (secondary N) is 1. The quantitative estimate of drug-likeness (QED) is 0.862. The van der Waals surface area contributed by atoms with Crippen molar-refractivity contribution in [3.63, 3.8) is 0 Å². The van der Waals surface area contributed by atoms with Gasteiger partial charge >= 0.3 is 0 Å². The highest BCUT2D eigenvalue weighted by atomic mass is 35.7. The summed E-state index contributed by atoms with van der Waals surface area (Å²) in [7, 11) is 3.12. The number of nitrogens with zero attached hydrogens (tertiary/aromatic N) is 1. The van der Waals surface area contributed by atoms with Crippen LogP contribution in [0.1, 0.15) is 49.5 Å². The predicted molar refractivity (Wildman–Crippen MR) is 82.0 cm³/mol. The molecule has 7 heteroatoms. The molecule has 0 aromatic carbocycles. The molecule has 1 fully saturated rings. The van der Waals surface area contributed by atoms with Gasteiger partial charge in [-0.25, -0.2) is 8.42 Å². The average molecular weight is 333 g/mol. The topological polar surface area (TPSA) is 68.2 Å². The largest absolute Gasteiger partial charge is 0.348 e. The molecule has 0 radical (unpaired) electrons. The number of aryl methyl sites for hydroxylation is 1. The summed E-state index contributed by atoms with van der Waals surface area (Å²) in [6.07, 6.45) is 7.31. The van der Waals surface area contributed by atoms with Gasteiger partial charge in [-0.2, -0.15) is 0 Å². The number of hydrogen-bond acceptors (Lipinski definition) is 3. The molecule has 1 saturated carbocycles. The maximum Gasteiger partial charge on any atom is 0.268 e. The number of amides is 1. The van der Waals surface area contributed by atoms with Crippen molar-refractivity contribution >= 4 is 25.6 Å². The molecule has 1 aliphatic carbocycles. The van der Waals surface area contributed by atoms with Gasteiger partial charge in [0.15, 0.2) is 0 Å². The zero-order valence-corrected chi connectivity index (χ0v) is 13.9. The molecule has 0 aliphatic heterocycles. The molecule has 1 amide bonds. The fraction of sp³-hybridized carbons (Fsp3) is 0.643. The Bertz CT molecular complexity index is 618. The van der Waals surface area contributed by atoms with Crippen molar-refractivity contribution in [2.45, 2.75) is 50.0 Å². The molecule has 0 saturated heterocycles. The van der Waals surface area contributed by atoms with Crippen LogP contribution in [0.3, 0.4) is 0 Å². The summed E-state index contributed by atoms with van der Waals surface area (Å²) in [5.41, 5.74) is 0.303. The second-order valence-corrected chi connectivity index (χ2v) is 8.34. The average Bonchev–Trinajstić information content (AvgIpc) is 2.82. The van der Waals surface area contributed by atoms with E-state index in [1.807, 2.05) is 6.92 Å². The number of rotatable bonds is 4. The van der Waals surface area contributed by atoms with Gasteiger partial charge in [0.05, 0.1) is 0 Å². The molecule has 2 rings (SSSR count). The Labute approximate surface area is 130 Å². The van der Waals surface area contributed by atoms with E-state index in [1.165, 1.54) is 36.1 Å². The van der Waals surface area contributed by atoms with Crippen molar-refractivity contribution in [2.24, 2.45) is 13.0 Å². The first-order valence-corrected chi connectivity index (χ1v) is 9.52. The van der Waals surface area contributed by atoms with Crippen LogP contribution in [0.25, 0.3) is 0 Å². The molecule has 0 spiro atoms. The lowest BCUT2D eigenvalue weighted by molar-refractivity contribution is 0.0911. The van der Waals surface area contributed by atoms with Crippen LogP contribution >= 0.6 is 10.7 Å². The predicted octanol–water partition coefficient (Wildman–Crippen LogP) is 2.65. The zero-order chi connectivity index (χ0) is 15.6. The van der Waals surface area contributed by atoms with Crippen molar-refractivity contribution in [1.82, 2.24) is 9.88 Å². The second-order valence-electron chi connectivity index (χ2n) is 5.77. The molecule has 1 N–H and O–H groups in total. The SMILES string of the molecule is CC(NC(=O)c1cc(S(=O)(=O)Cl)cn1C)C1CCCCC1. The van der Waals surface area contributed by atoms with E-state index in [0.29, 0.717) is 11.6 Å². The van der Waals surface area contributed by atoms with Crippen LogP contribution in [-0.4, -0.2) is 24.9 Å². The van der Waals surface area contributed by atoms with Crippen LogP contribution in [0.15, 0.2) is 17.2 Å². The molecule has 1 heterocycles. The fourth-order valence-electron chi connectivity index (χ4n) is 2.93. The highest BCUT2D eigenvalue weighted by Gasteiger charge is 2.24. The van der Waals surface area contributed by atoms with Gasteiger partial charge < -0.3 is 9.88 Å². The summed E-state index contributed by atoms with van der Waals surface area (Å²) in [4.78, 5) is 12.2. The van der Waals surface area contributed by atoms with Crippen molar-refractivity contribution in [3.05, 3.63) is 18.0 Å². The first-order valence-electron chi connectivity index (χ1n) is 7.21. The van der Waals surface area contributed by atoms with Crippen LogP contribution in [0.4, 0.5) is 0 Å². The minimum atomic E-state index is -3.82. The molecule has 1 atom stereocenters. The Morgan fingerprint density at radius 3 is 2.52 bits per heavy atom.